The highest BCUT2D eigenvalue weighted by Crippen LogP contribution is 2.32. The summed E-state index contributed by atoms with van der Waals surface area (Å²) in [7, 11) is 5.22. The molecular formula is C17H24N2O5. The lowest BCUT2D eigenvalue weighted by Crippen LogP contribution is -2.41. The van der Waals surface area contributed by atoms with Crippen LogP contribution < -0.4 is 9.47 Å². The van der Waals surface area contributed by atoms with Gasteiger partial charge in [0, 0.05) is 25.2 Å². The lowest BCUT2D eigenvalue weighted by atomic mass is 10.1. The first-order valence-electron chi connectivity index (χ1n) is 7.84. The Morgan fingerprint density at radius 3 is 2.58 bits per heavy atom. The van der Waals surface area contributed by atoms with E-state index in [9.17, 15) is 9.59 Å². The Morgan fingerprint density at radius 1 is 1.21 bits per heavy atom. The highest BCUT2D eigenvalue weighted by Gasteiger charge is 2.24. The van der Waals surface area contributed by atoms with Crippen LogP contribution in [0, 0.1) is 5.92 Å². The minimum atomic E-state index is -0.393. The summed E-state index contributed by atoms with van der Waals surface area (Å²) in [5, 5.41) is 0. The number of methoxy groups -OCH3 is 1. The van der Waals surface area contributed by atoms with Crippen molar-refractivity contribution in [3.63, 3.8) is 0 Å². The molecule has 0 aromatic heterocycles. The van der Waals surface area contributed by atoms with E-state index >= 15 is 0 Å². The third-order valence-corrected chi connectivity index (χ3v) is 3.82. The van der Waals surface area contributed by atoms with E-state index in [4.69, 9.17) is 14.2 Å². The molecule has 0 saturated carbocycles. The predicted octanol–water partition coefficient (Wildman–Crippen LogP) is 1.23. The molecule has 1 amide bonds. The Bertz CT molecular complexity index is 603. The summed E-state index contributed by atoms with van der Waals surface area (Å²) < 4.78 is 15.4. The van der Waals surface area contributed by atoms with Crippen molar-refractivity contribution in [1.82, 2.24) is 9.80 Å². The van der Waals surface area contributed by atoms with E-state index in [0.717, 1.165) is 0 Å². The molecule has 0 aliphatic carbocycles. The van der Waals surface area contributed by atoms with Gasteiger partial charge in [-0.1, -0.05) is 6.92 Å². The second-order valence-corrected chi connectivity index (χ2v) is 6.05. The van der Waals surface area contributed by atoms with Gasteiger partial charge >= 0.3 is 5.97 Å². The maximum Gasteiger partial charge on any atom is 0.310 e. The molecule has 1 unspecified atom stereocenters. The number of rotatable bonds is 7. The first-order chi connectivity index (χ1) is 11.4. The van der Waals surface area contributed by atoms with Crippen molar-refractivity contribution in [3.05, 3.63) is 23.8 Å². The number of carbonyl (C=O) groups excluding carboxylic acids is 2. The number of nitrogens with zero attached hydrogens (tertiary/aromatic N) is 2. The Kier molecular flexibility index (Phi) is 6.03. The summed E-state index contributed by atoms with van der Waals surface area (Å²) in [4.78, 5) is 28.2. The standard InChI is InChI=1S/C17H24N2O5/c1-12(17(21)22-4)10-19(8-7-18(2)3)16(20)13-5-6-14-15(9-13)24-11-23-14/h5-6,9,12H,7-8,10-11H2,1-4H3. The first-order valence-corrected chi connectivity index (χ1v) is 7.84. The molecule has 0 fully saturated rings. The zero-order valence-electron chi connectivity index (χ0n) is 14.6. The van der Waals surface area contributed by atoms with Gasteiger partial charge in [0.2, 0.25) is 6.79 Å². The van der Waals surface area contributed by atoms with Gasteiger partial charge in [-0.2, -0.15) is 0 Å². The number of fused-ring (bicyclic) bond motifs is 1. The van der Waals surface area contributed by atoms with Crippen LogP contribution in [0.2, 0.25) is 0 Å². The molecule has 2 rings (SSSR count). The molecular weight excluding hydrogens is 312 g/mol. The van der Waals surface area contributed by atoms with Crippen molar-refractivity contribution in [2.75, 3.05) is 47.6 Å². The Morgan fingerprint density at radius 2 is 1.92 bits per heavy atom. The number of ether oxygens (including phenoxy) is 3. The summed E-state index contributed by atoms with van der Waals surface area (Å²) in [6, 6.07) is 5.11. The van der Waals surface area contributed by atoms with Gasteiger partial charge in [-0.3, -0.25) is 9.59 Å². The molecule has 1 heterocycles. The maximum atomic E-state index is 12.9. The quantitative estimate of drug-likeness (QED) is 0.698. The normalized spacial score (nSPS) is 13.7. The summed E-state index contributed by atoms with van der Waals surface area (Å²) in [6.45, 7) is 3.43. The van der Waals surface area contributed by atoms with E-state index in [1.54, 1.807) is 30.0 Å². The molecule has 0 N–H and O–H groups in total. The largest absolute Gasteiger partial charge is 0.469 e. The van der Waals surface area contributed by atoms with Crippen molar-refractivity contribution in [1.29, 1.82) is 0 Å². The van der Waals surface area contributed by atoms with E-state index in [2.05, 4.69) is 0 Å². The van der Waals surface area contributed by atoms with Crippen molar-refractivity contribution in [2.24, 2.45) is 5.92 Å². The van der Waals surface area contributed by atoms with Gasteiger partial charge in [0.1, 0.15) is 0 Å². The van der Waals surface area contributed by atoms with Crippen LogP contribution in [-0.2, 0) is 9.53 Å². The second kappa shape index (κ2) is 8.01. The van der Waals surface area contributed by atoms with Crippen LogP contribution in [0.4, 0.5) is 0 Å². The smallest absolute Gasteiger partial charge is 0.310 e. The molecule has 0 bridgehead atoms. The van der Waals surface area contributed by atoms with Crippen LogP contribution >= 0.6 is 0 Å². The Labute approximate surface area is 142 Å². The zero-order valence-corrected chi connectivity index (χ0v) is 14.6. The topological polar surface area (TPSA) is 68.3 Å². The number of benzene rings is 1. The van der Waals surface area contributed by atoms with Gasteiger partial charge in [-0.05, 0) is 32.3 Å². The highest BCUT2D eigenvalue weighted by atomic mass is 16.7. The van der Waals surface area contributed by atoms with Crippen LogP contribution in [0.1, 0.15) is 17.3 Å². The molecule has 1 aliphatic heterocycles. The van der Waals surface area contributed by atoms with Crippen molar-refractivity contribution in [3.8, 4) is 11.5 Å². The van der Waals surface area contributed by atoms with E-state index in [-0.39, 0.29) is 18.7 Å². The van der Waals surface area contributed by atoms with Gasteiger partial charge in [0.25, 0.3) is 5.91 Å². The lowest BCUT2D eigenvalue weighted by molar-refractivity contribution is -0.145. The van der Waals surface area contributed by atoms with E-state index in [1.807, 2.05) is 19.0 Å². The maximum absolute atomic E-state index is 12.9. The summed E-state index contributed by atoms with van der Waals surface area (Å²) >= 11 is 0. The van der Waals surface area contributed by atoms with E-state index < -0.39 is 5.92 Å². The number of likely N-dealkylation sites (N-methyl/N-ethyl adjacent to an activating group) is 1. The number of carbonyl (C=O) groups is 2. The lowest BCUT2D eigenvalue weighted by Gasteiger charge is -2.26. The fourth-order valence-corrected chi connectivity index (χ4v) is 2.41. The molecule has 1 aromatic rings. The molecule has 7 heteroatoms. The Balaban J connectivity index is 2.15. The van der Waals surface area contributed by atoms with Crippen molar-refractivity contribution < 1.29 is 23.8 Å². The minimum Gasteiger partial charge on any atom is -0.469 e. The fraction of sp³-hybridized carbons (Fsp3) is 0.529. The van der Waals surface area contributed by atoms with Crippen LogP contribution in [0.15, 0.2) is 18.2 Å². The average molecular weight is 336 g/mol. The number of hydrogen-bond acceptors (Lipinski definition) is 6. The molecule has 24 heavy (non-hydrogen) atoms. The molecule has 0 radical (unpaired) electrons. The monoisotopic (exact) mass is 336 g/mol. The molecule has 0 spiro atoms. The fourth-order valence-electron chi connectivity index (χ4n) is 2.41. The predicted molar refractivity (Wildman–Crippen MR) is 88.2 cm³/mol. The minimum absolute atomic E-state index is 0.147. The van der Waals surface area contributed by atoms with E-state index in [1.165, 1.54) is 7.11 Å². The molecule has 132 valence electrons. The van der Waals surface area contributed by atoms with Crippen molar-refractivity contribution in [2.45, 2.75) is 6.92 Å². The number of amides is 1. The number of hydrogen-bond donors (Lipinski definition) is 0. The van der Waals surface area contributed by atoms with Gasteiger partial charge in [0.05, 0.1) is 13.0 Å². The molecule has 7 nitrogen and oxygen atoms in total. The van der Waals surface area contributed by atoms with Crippen LogP contribution in [0.25, 0.3) is 0 Å². The third-order valence-electron chi connectivity index (χ3n) is 3.82. The SMILES string of the molecule is COC(=O)C(C)CN(CCN(C)C)C(=O)c1ccc2c(c1)OCO2. The first kappa shape index (κ1) is 18.1. The highest BCUT2D eigenvalue weighted by molar-refractivity contribution is 5.95. The molecule has 1 atom stereocenters. The van der Waals surface area contributed by atoms with Crippen molar-refractivity contribution >= 4 is 11.9 Å². The third kappa shape index (κ3) is 4.38. The summed E-state index contributed by atoms with van der Waals surface area (Å²) in [6.07, 6.45) is 0. The van der Waals surface area contributed by atoms with Crippen LogP contribution in [0.5, 0.6) is 11.5 Å². The second-order valence-electron chi connectivity index (χ2n) is 6.05. The molecule has 0 saturated heterocycles. The molecule has 1 aliphatic rings. The van der Waals surface area contributed by atoms with E-state index in [0.29, 0.717) is 36.7 Å². The van der Waals surface area contributed by atoms with Gasteiger partial charge in [-0.15, -0.1) is 0 Å². The number of esters is 1. The van der Waals surface area contributed by atoms with Gasteiger partial charge in [0.15, 0.2) is 11.5 Å². The zero-order chi connectivity index (χ0) is 17.7. The molecule has 1 aromatic carbocycles. The summed E-state index contributed by atoms with van der Waals surface area (Å²) in [5.74, 6) is 0.327. The van der Waals surface area contributed by atoms with Crippen LogP contribution in [-0.4, -0.2) is 69.3 Å². The Hall–Kier alpha value is -2.28. The van der Waals surface area contributed by atoms with Crippen LogP contribution in [0.3, 0.4) is 0 Å². The average Bonchev–Trinajstić information content (AvgIpc) is 3.04. The summed E-state index contributed by atoms with van der Waals surface area (Å²) in [5.41, 5.74) is 0.509. The van der Waals surface area contributed by atoms with Gasteiger partial charge < -0.3 is 24.0 Å². The van der Waals surface area contributed by atoms with Gasteiger partial charge in [-0.25, -0.2) is 0 Å².